The summed E-state index contributed by atoms with van der Waals surface area (Å²) in [7, 11) is 0. The summed E-state index contributed by atoms with van der Waals surface area (Å²) in [4.78, 5) is 13.5. The van der Waals surface area contributed by atoms with Gasteiger partial charge in [-0.25, -0.2) is 0 Å². The van der Waals surface area contributed by atoms with Gasteiger partial charge in [-0.05, 0) is 36.6 Å². The van der Waals surface area contributed by atoms with Gasteiger partial charge in [-0.2, -0.15) is 0 Å². The Kier molecular flexibility index (Phi) is 3.32. The van der Waals surface area contributed by atoms with Gasteiger partial charge in [0.25, 0.3) is 0 Å². The molecule has 0 saturated carbocycles. The summed E-state index contributed by atoms with van der Waals surface area (Å²) < 4.78 is 0. The Morgan fingerprint density at radius 1 is 1.18 bits per heavy atom. The number of phenols is 2. The lowest BCUT2D eigenvalue weighted by Crippen LogP contribution is -2.25. The van der Waals surface area contributed by atoms with Gasteiger partial charge in [0.05, 0.1) is 0 Å². The fraction of sp³-hybridized carbons (Fsp3) is 0.308. The van der Waals surface area contributed by atoms with Gasteiger partial charge in [0, 0.05) is 19.2 Å². The first-order valence-corrected chi connectivity index (χ1v) is 5.66. The second-order valence-electron chi connectivity index (χ2n) is 4.11. The highest BCUT2D eigenvalue weighted by molar-refractivity contribution is 5.92. The molecule has 0 spiro atoms. The molecule has 0 unspecified atom stereocenters. The molecule has 1 heterocycles. The maximum Gasteiger partial charge on any atom is 0.246 e. The van der Waals surface area contributed by atoms with E-state index in [1.54, 1.807) is 17.0 Å². The molecule has 0 aromatic heterocycles. The summed E-state index contributed by atoms with van der Waals surface area (Å²) in [5.41, 5.74) is 0.688. The SMILES string of the molecule is O=C(C=Cc1ccc(O)c(O)c1)N1CCCC1. The minimum Gasteiger partial charge on any atom is -0.504 e. The van der Waals surface area contributed by atoms with Crippen molar-refractivity contribution in [2.24, 2.45) is 0 Å². The van der Waals surface area contributed by atoms with E-state index < -0.39 is 0 Å². The number of likely N-dealkylation sites (tertiary alicyclic amines) is 1. The average molecular weight is 233 g/mol. The highest BCUT2D eigenvalue weighted by atomic mass is 16.3. The maximum absolute atomic E-state index is 11.7. The molecule has 0 aliphatic carbocycles. The Bertz CT molecular complexity index is 448. The Balaban J connectivity index is 2.04. The molecule has 1 saturated heterocycles. The predicted octanol–water partition coefficient (Wildman–Crippen LogP) is 1.73. The number of benzene rings is 1. The van der Waals surface area contributed by atoms with E-state index in [2.05, 4.69) is 0 Å². The number of amides is 1. The third kappa shape index (κ3) is 2.78. The fourth-order valence-corrected chi connectivity index (χ4v) is 1.85. The highest BCUT2D eigenvalue weighted by Gasteiger charge is 2.14. The van der Waals surface area contributed by atoms with Crippen LogP contribution in [0.2, 0.25) is 0 Å². The molecular weight excluding hydrogens is 218 g/mol. The van der Waals surface area contributed by atoms with Crippen molar-refractivity contribution >= 4 is 12.0 Å². The van der Waals surface area contributed by atoms with E-state index in [9.17, 15) is 9.90 Å². The van der Waals surface area contributed by atoms with Gasteiger partial charge in [-0.3, -0.25) is 4.79 Å². The van der Waals surface area contributed by atoms with Crippen LogP contribution in [0.4, 0.5) is 0 Å². The Morgan fingerprint density at radius 3 is 2.53 bits per heavy atom. The first-order chi connectivity index (χ1) is 8.16. The molecule has 1 amide bonds. The van der Waals surface area contributed by atoms with Crippen LogP contribution >= 0.6 is 0 Å². The molecular formula is C13H15NO3. The molecule has 4 heteroatoms. The van der Waals surface area contributed by atoms with E-state index in [0.717, 1.165) is 25.9 Å². The molecule has 1 aromatic rings. The van der Waals surface area contributed by atoms with Gasteiger partial charge in [0.15, 0.2) is 11.5 Å². The fourth-order valence-electron chi connectivity index (χ4n) is 1.85. The third-order valence-corrected chi connectivity index (χ3v) is 2.84. The lowest BCUT2D eigenvalue weighted by atomic mass is 10.2. The van der Waals surface area contributed by atoms with Crippen LogP contribution in [-0.2, 0) is 4.79 Å². The number of carbonyl (C=O) groups is 1. The summed E-state index contributed by atoms with van der Waals surface area (Å²) in [5.74, 6) is -0.344. The molecule has 17 heavy (non-hydrogen) atoms. The van der Waals surface area contributed by atoms with E-state index in [1.807, 2.05) is 0 Å². The average Bonchev–Trinajstić information content (AvgIpc) is 2.84. The van der Waals surface area contributed by atoms with E-state index in [1.165, 1.54) is 18.2 Å². The van der Waals surface area contributed by atoms with Crippen molar-refractivity contribution in [1.82, 2.24) is 4.90 Å². The Morgan fingerprint density at radius 2 is 1.88 bits per heavy atom. The predicted molar refractivity (Wildman–Crippen MR) is 64.6 cm³/mol. The van der Waals surface area contributed by atoms with Crippen molar-refractivity contribution in [2.75, 3.05) is 13.1 Å². The lowest BCUT2D eigenvalue weighted by Gasteiger charge is -2.11. The molecule has 1 aliphatic heterocycles. The minimum absolute atomic E-state index is 0.00457. The largest absolute Gasteiger partial charge is 0.504 e. The van der Waals surface area contributed by atoms with Gasteiger partial charge in [0.1, 0.15) is 0 Å². The van der Waals surface area contributed by atoms with Crippen molar-refractivity contribution in [2.45, 2.75) is 12.8 Å². The van der Waals surface area contributed by atoms with E-state index in [-0.39, 0.29) is 17.4 Å². The number of hydrogen-bond acceptors (Lipinski definition) is 3. The van der Waals surface area contributed by atoms with Gasteiger partial charge in [-0.1, -0.05) is 6.07 Å². The van der Waals surface area contributed by atoms with Gasteiger partial charge < -0.3 is 15.1 Å². The van der Waals surface area contributed by atoms with Crippen LogP contribution in [0.25, 0.3) is 6.08 Å². The quantitative estimate of drug-likeness (QED) is 0.604. The summed E-state index contributed by atoms with van der Waals surface area (Å²) in [6.45, 7) is 1.65. The van der Waals surface area contributed by atoms with Gasteiger partial charge >= 0.3 is 0 Å². The molecule has 2 rings (SSSR count). The van der Waals surface area contributed by atoms with Gasteiger partial charge in [-0.15, -0.1) is 0 Å². The molecule has 1 fully saturated rings. The first kappa shape index (κ1) is 11.5. The van der Waals surface area contributed by atoms with E-state index >= 15 is 0 Å². The molecule has 2 N–H and O–H groups in total. The molecule has 4 nitrogen and oxygen atoms in total. The first-order valence-electron chi connectivity index (χ1n) is 5.66. The van der Waals surface area contributed by atoms with Crippen molar-refractivity contribution < 1.29 is 15.0 Å². The van der Waals surface area contributed by atoms with Crippen LogP contribution in [0.5, 0.6) is 11.5 Å². The number of phenolic OH excluding ortho intramolecular Hbond substituents is 2. The third-order valence-electron chi connectivity index (χ3n) is 2.84. The topological polar surface area (TPSA) is 60.8 Å². The second kappa shape index (κ2) is 4.91. The van der Waals surface area contributed by atoms with Crippen molar-refractivity contribution in [1.29, 1.82) is 0 Å². The maximum atomic E-state index is 11.7. The van der Waals surface area contributed by atoms with Crippen molar-refractivity contribution in [3.8, 4) is 11.5 Å². The summed E-state index contributed by atoms with van der Waals surface area (Å²) in [6, 6.07) is 4.46. The molecule has 0 atom stereocenters. The zero-order chi connectivity index (χ0) is 12.3. The van der Waals surface area contributed by atoms with Crippen LogP contribution in [0, 0.1) is 0 Å². The smallest absolute Gasteiger partial charge is 0.246 e. The number of nitrogens with zero attached hydrogens (tertiary/aromatic N) is 1. The minimum atomic E-state index is -0.180. The van der Waals surface area contributed by atoms with Crippen LogP contribution < -0.4 is 0 Å². The Hall–Kier alpha value is -1.97. The summed E-state index contributed by atoms with van der Waals surface area (Å²) in [5, 5.41) is 18.4. The molecule has 1 aliphatic rings. The van der Waals surface area contributed by atoms with E-state index in [0.29, 0.717) is 5.56 Å². The van der Waals surface area contributed by atoms with Crippen LogP contribution in [0.15, 0.2) is 24.3 Å². The van der Waals surface area contributed by atoms with E-state index in [4.69, 9.17) is 5.11 Å². The molecule has 90 valence electrons. The normalized spacial score (nSPS) is 15.6. The number of rotatable bonds is 2. The monoisotopic (exact) mass is 233 g/mol. The number of hydrogen-bond donors (Lipinski definition) is 2. The standard InChI is InChI=1S/C13H15NO3/c15-11-5-3-10(9-12(11)16)4-6-13(17)14-7-1-2-8-14/h3-6,9,15-16H,1-2,7-8H2. The van der Waals surface area contributed by atoms with Crippen LogP contribution in [0.3, 0.4) is 0 Å². The van der Waals surface area contributed by atoms with Gasteiger partial charge in [0.2, 0.25) is 5.91 Å². The van der Waals surface area contributed by atoms with Crippen LogP contribution in [0.1, 0.15) is 18.4 Å². The zero-order valence-corrected chi connectivity index (χ0v) is 9.47. The molecule has 1 aromatic carbocycles. The summed E-state index contributed by atoms with van der Waals surface area (Å²) in [6.07, 6.45) is 5.27. The zero-order valence-electron chi connectivity index (χ0n) is 9.47. The Labute approximate surface area is 99.8 Å². The molecule has 0 radical (unpaired) electrons. The van der Waals surface area contributed by atoms with Crippen molar-refractivity contribution in [3.63, 3.8) is 0 Å². The van der Waals surface area contributed by atoms with Crippen LogP contribution in [-0.4, -0.2) is 34.1 Å². The number of carbonyl (C=O) groups excluding carboxylic acids is 1. The summed E-state index contributed by atoms with van der Waals surface area (Å²) >= 11 is 0. The number of aromatic hydroxyl groups is 2. The lowest BCUT2D eigenvalue weighted by molar-refractivity contribution is -0.124. The second-order valence-corrected chi connectivity index (χ2v) is 4.11. The highest BCUT2D eigenvalue weighted by Crippen LogP contribution is 2.25. The molecule has 0 bridgehead atoms. The van der Waals surface area contributed by atoms with Crippen molar-refractivity contribution in [3.05, 3.63) is 29.8 Å².